The second-order valence-corrected chi connectivity index (χ2v) is 3.86. The largest absolute Gasteiger partial charge is 0.469 e. The molecule has 0 saturated carbocycles. The van der Waals surface area contributed by atoms with Crippen LogP contribution >= 0.6 is 0 Å². The second kappa shape index (κ2) is 6.04. The van der Waals surface area contributed by atoms with Crippen molar-refractivity contribution in [2.24, 2.45) is 11.8 Å². The molecule has 72 valence electrons. The molecule has 0 fully saturated rings. The Morgan fingerprint density at radius 1 is 1.25 bits per heavy atom. The summed E-state index contributed by atoms with van der Waals surface area (Å²) in [6.07, 6.45) is 2.87. The van der Waals surface area contributed by atoms with Crippen LogP contribution in [-0.2, 0) is 9.53 Å². The fourth-order valence-corrected chi connectivity index (χ4v) is 1.09. The summed E-state index contributed by atoms with van der Waals surface area (Å²) in [4.78, 5) is 10.8. The Morgan fingerprint density at radius 3 is 2.25 bits per heavy atom. The summed E-state index contributed by atoms with van der Waals surface area (Å²) < 4.78 is 4.59. The van der Waals surface area contributed by atoms with E-state index < -0.39 is 0 Å². The first-order valence-electron chi connectivity index (χ1n) is 4.63. The Bertz CT molecular complexity index is 130. The maximum Gasteiger partial charge on any atom is 0.305 e. The second-order valence-electron chi connectivity index (χ2n) is 3.86. The zero-order chi connectivity index (χ0) is 9.56. The monoisotopic (exact) mass is 172 g/mol. The first kappa shape index (κ1) is 11.5. The zero-order valence-electron chi connectivity index (χ0n) is 8.59. The topological polar surface area (TPSA) is 26.3 Å². The number of hydrogen-bond acceptors (Lipinski definition) is 2. The van der Waals surface area contributed by atoms with Gasteiger partial charge in [0.1, 0.15) is 0 Å². The van der Waals surface area contributed by atoms with Gasteiger partial charge in [0.15, 0.2) is 0 Å². The molecular formula is C10H20O2. The number of hydrogen-bond donors (Lipinski definition) is 0. The average molecular weight is 172 g/mol. The van der Waals surface area contributed by atoms with E-state index in [1.165, 1.54) is 13.5 Å². The third-order valence-corrected chi connectivity index (χ3v) is 1.98. The molecular weight excluding hydrogens is 152 g/mol. The summed E-state index contributed by atoms with van der Waals surface area (Å²) in [6, 6.07) is 0. The highest BCUT2D eigenvalue weighted by atomic mass is 16.5. The van der Waals surface area contributed by atoms with E-state index in [0.29, 0.717) is 12.3 Å². The number of rotatable bonds is 5. The van der Waals surface area contributed by atoms with Crippen LogP contribution in [0, 0.1) is 11.8 Å². The molecule has 1 atom stereocenters. The summed E-state index contributed by atoms with van der Waals surface area (Å²) >= 11 is 0. The van der Waals surface area contributed by atoms with Crippen LogP contribution in [0.5, 0.6) is 0 Å². The van der Waals surface area contributed by atoms with Crippen molar-refractivity contribution < 1.29 is 9.53 Å². The normalized spacial score (nSPS) is 13.1. The molecule has 0 aliphatic carbocycles. The van der Waals surface area contributed by atoms with Gasteiger partial charge in [0.25, 0.3) is 0 Å². The molecule has 0 unspecified atom stereocenters. The predicted molar refractivity (Wildman–Crippen MR) is 49.9 cm³/mol. The quantitative estimate of drug-likeness (QED) is 0.596. The highest BCUT2D eigenvalue weighted by Gasteiger charge is 2.09. The molecule has 0 N–H and O–H groups in total. The van der Waals surface area contributed by atoms with E-state index in [9.17, 15) is 4.79 Å². The molecule has 0 aromatic carbocycles. The molecule has 0 saturated heterocycles. The molecule has 0 bridgehead atoms. The summed E-state index contributed by atoms with van der Waals surface area (Å²) in [7, 11) is 1.44. The molecule has 0 amide bonds. The first-order chi connectivity index (χ1) is 5.56. The maximum absolute atomic E-state index is 10.8. The highest BCUT2D eigenvalue weighted by Crippen LogP contribution is 2.14. The van der Waals surface area contributed by atoms with Gasteiger partial charge in [-0.05, 0) is 18.3 Å². The minimum Gasteiger partial charge on any atom is -0.469 e. The smallest absolute Gasteiger partial charge is 0.305 e. The minimum absolute atomic E-state index is 0.0914. The lowest BCUT2D eigenvalue weighted by molar-refractivity contribution is -0.141. The van der Waals surface area contributed by atoms with Gasteiger partial charge in [-0.2, -0.15) is 0 Å². The van der Waals surface area contributed by atoms with Gasteiger partial charge in [0.05, 0.1) is 7.11 Å². The summed E-state index contributed by atoms with van der Waals surface area (Å²) in [5.41, 5.74) is 0. The van der Waals surface area contributed by atoms with Gasteiger partial charge in [0, 0.05) is 6.42 Å². The zero-order valence-corrected chi connectivity index (χ0v) is 8.59. The van der Waals surface area contributed by atoms with E-state index in [-0.39, 0.29) is 5.97 Å². The third kappa shape index (κ3) is 6.20. The summed E-state index contributed by atoms with van der Waals surface area (Å²) in [5.74, 6) is 1.09. The lowest BCUT2D eigenvalue weighted by Gasteiger charge is -2.10. The SMILES string of the molecule is COC(=O)C[C@@H](C)CCC(C)C. The van der Waals surface area contributed by atoms with Crippen LogP contribution in [0.2, 0.25) is 0 Å². The number of methoxy groups -OCH3 is 1. The number of carbonyl (C=O) groups excluding carboxylic acids is 1. The fourth-order valence-electron chi connectivity index (χ4n) is 1.09. The van der Waals surface area contributed by atoms with E-state index in [1.54, 1.807) is 0 Å². The van der Waals surface area contributed by atoms with Crippen LogP contribution in [0.4, 0.5) is 0 Å². The highest BCUT2D eigenvalue weighted by molar-refractivity contribution is 5.69. The van der Waals surface area contributed by atoms with Gasteiger partial charge in [0.2, 0.25) is 0 Å². The predicted octanol–water partition coefficient (Wildman–Crippen LogP) is 2.62. The molecule has 12 heavy (non-hydrogen) atoms. The van der Waals surface area contributed by atoms with E-state index in [1.807, 2.05) is 0 Å². The number of carbonyl (C=O) groups is 1. The molecule has 0 aliphatic heterocycles. The van der Waals surface area contributed by atoms with Crippen molar-refractivity contribution in [3.05, 3.63) is 0 Å². The molecule has 0 spiro atoms. The van der Waals surface area contributed by atoms with Crippen LogP contribution in [0.1, 0.15) is 40.0 Å². The van der Waals surface area contributed by atoms with Gasteiger partial charge in [-0.25, -0.2) is 0 Å². The number of ether oxygens (including phenoxy) is 1. The van der Waals surface area contributed by atoms with Crippen LogP contribution in [0.3, 0.4) is 0 Å². The van der Waals surface area contributed by atoms with Crippen molar-refractivity contribution in [3.8, 4) is 0 Å². The molecule has 0 aromatic rings. The van der Waals surface area contributed by atoms with Crippen molar-refractivity contribution in [1.29, 1.82) is 0 Å². The average Bonchev–Trinajstić information content (AvgIpc) is 2.00. The number of esters is 1. The molecule has 2 nitrogen and oxygen atoms in total. The molecule has 0 aromatic heterocycles. The van der Waals surface area contributed by atoms with E-state index in [4.69, 9.17) is 0 Å². The Balaban J connectivity index is 3.45. The van der Waals surface area contributed by atoms with Gasteiger partial charge < -0.3 is 4.74 Å². The van der Waals surface area contributed by atoms with E-state index in [2.05, 4.69) is 25.5 Å². The van der Waals surface area contributed by atoms with Gasteiger partial charge in [-0.15, -0.1) is 0 Å². The summed E-state index contributed by atoms with van der Waals surface area (Å²) in [5, 5.41) is 0. The molecule has 0 rings (SSSR count). The van der Waals surface area contributed by atoms with Gasteiger partial charge >= 0.3 is 5.97 Å². The van der Waals surface area contributed by atoms with Crippen molar-refractivity contribution >= 4 is 5.97 Å². The fraction of sp³-hybridized carbons (Fsp3) is 0.900. The van der Waals surface area contributed by atoms with Gasteiger partial charge in [-0.1, -0.05) is 27.2 Å². The molecule has 2 heteroatoms. The lowest BCUT2D eigenvalue weighted by atomic mass is 9.97. The van der Waals surface area contributed by atoms with E-state index in [0.717, 1.165) is 12.3 Å². The van der Waals surface area contributed by atoms with Crippen LogP contribution in [0.25, 0.3) is 0 Å². The molecule has 0 radical (unpaired) electrons. The van der Waals surface area contributed by atoms with Crippen LogP contribution in [-0.4, -0.2) is 13.1 Å². The molecule has 0 aliphatic rings. The Kier molecular flexibility index (Phi) is 5.77. The Hall–Kier alpha value is -0.530. The van der Waals surface area contributed by atoms with Crippen molar-refractivity contribution in [3.63, 3.8) is 0 Å². The molecule has 0 heterocycles. The summed E-state index contributed by atoms with van der Waals surface area (Å²) in [6.45, 7) is 6.50. The van der Waals surface area contributed by atoms with Crippen molar-refractivity contribution in [2.75, 3.05) is 7.11 Å². The van der Waals surface area contributed by atoms with Crippen LogP contribution in [0.15, 0.2) is 0 Å². The first-order valence-corrected chi connectivity index (χ1v) is 4.63. The Morgan fingerprint density at radius 2 is 1.83 bits per heavy atom. The van der Waals surface area contributed by atoms with Crippen molar-refractivity contribution in [1.82, 2.24) is 0 Å². The minimum atomic E-state index is -0.0914. The van der Waals surface area contributed by atoms with Crippen LogP contribution < -0.4 is 0 Å². The maximum atomic E-state index is 10.8. The standard InChI is InChI=1S/C10H20O2/c1-8(2)5-6-9(3)7-10(11)12-4/h8-9H,5-7H2,1-4H3/t9-/m0/s1. The van der Waals surface area contributed by atoms with Crippen molar-refractivity contribution in [2.45, 2.75) is 40.0 Å². The van der Waals surface area contributed by atoms with Gasteiger partial charge in [-0.3, -0.25) is 4.79 Å². The lowest BCUT2D eigenvalue weighted by Crippen LogP contribution is -2.07. The Labute approximate surface area is 75.3 Å². The van der Waals surface area contributed by atoms with E-state index >= 15 is 0 Å². The third-order valence-electron chi connectivity index (χ3n) is 1.98.